The average molecular weight is 185 g/mol. The Morgan fingerprint density at radius 1 is 1.46 bits per heavy atom. The molecule has 0 aromatic carbocycles. The van der Waals surface area contributed by atoms with Gasteiger partial charge >= 0.3 is 7.48 Å². The minimum atomic E-state index is -1.18. The summed E-state index contributed by atoms with van der Waals surface area (Å²) >= 11 is 0. The van der Waals surface area contributed by atoms with Gasteiger partial charge < -0.3 is 9.76 Å². The SMILES string of the molecule is CCC(=O)C(C)(CC)O[B]C(=O)O. The summed E-state index contributed by atoms with van der Waals surface area (Å²) in [5, 5.41) is 8.33. The first kappa shape index (κ1) is 12.2. The van der Waals surface area contributed by atoms with Gasteiger partial charge in [0.25, 0.3) is 5.87 Å². The maximum atomic E-state index is 11.3. The van der Waals surface area contributed by atoms with Crippen molar-refractivity contribution in [3.05, 3.63) is 0 Å². The number of rotatable bonds is 6. The molecule has 0 rings (SSSR count). The molecule has 13 heavy (non-hydrogen) atoms. The molecule has 0 spiro atoms. The van der Waals surface area contributed by atoms with E-state index in [1.807, 2.05) is 0 Å². The number of carbonyl (C=O) groups is 2. The number of hydrogen-bond donors (Lipinski definition) is 1. The molecule has 0 aliphatic rings. The van der Waals surface area contributed by atoms with Crippen LogP contribution < -0.4 is 0 Å². The van der Waals surface area contributed by atoms with E-state index in [2.05, 4.69) is 0 Å². The van der Waals surface area contributed by atoms with E-state index in [9.17, 15) is 9.59 Å². The van der Waals surface area contributed by atoms with E-state index in [1.54, 1.807) is 20.8 Å². The van der Waals surface area contributed by atoms with Gasteiger partial charge in [-0.15, -0.1) is 0 Å². The lowest BCUT2D eigenvalue weighted by atomic mass is 9.91. The summed E-state index contributed by atoms with van der Waals surface area (Å²) in [6.07, 6.45) is 0.807. The second-order valence-corrected chi connectivity index (χ2v) is 2.94. The minimum Gasteiger partial charge on any atom is -0.487 e. The Morgan fingerprint density at radius 3 is 2.31 bits per heavy atom. The first-order valence-electron chi connectivity index (χ1n) is 4.23. The van der Waals surface area contributed by atoms with Crippen LogP contribution in [0.4, 0.5) is 4.79 Å². The quantitative estimate of drug-likeness (QED) is 0.636. The molecule has 0 aromatic rings. The molecule has 0 aliphatic heterocycles. The lowest BCUT2D eigenvalue weighted by Gasteiger charge is -2.26. The summed E-state index contributed by atoms with van der Waals surface area (Å²) in [6, 6.07) is 0. The number of hydrogen-bond acceptors (Lipinski definition) is 3. The van der Waals surface area contributed by atoms with Crippen LogP contribution in [0.3, 0.4) is 0 Å². The Kier molecular flexibility index (Phi) is 4.69. The highest BCUT2D eigenvalue weighted by atomic mass is 16.5. The zero-order valence-electron chi connectivity index (χ0n) is 8.16. The van der Waals surface area contributed by atoms with E-state index >= 15 is 0 Å². The van der Waals surface area contributed by atoms with Gasteiger partial charge in [-0.05, 0) is 13.3 Å². The van der Waals surface area contributed by atoms with E-state index in [1.165, 1.54) is 0 Å². The molecule has 0 saturated heterocycles. The number of Topliss-reactive ketones (excluding diaryl/α,β-unsaturated/α-hetero) is 1. The van der Waals surface area contributed by atoms with Gasteiger partial charge in [-0.3, -0.25) is 9.59 Å². The van der Waals surface area contributed by atoms with Crippen LogP contribution in [-0.2, 0) is 9.45 Å². The molecule has 0 aromatic heterocycles. The predicted octanol–water partition coefficient (Wildman–Crippen LogP) is 1.45. The molecule has 4 nitrogen and oxygen atoms in total. The topological polar surface area (TPSA) is 63.6 Å². The molecule has 73 valence electrons. The average Bonchev–Trinajstić information content (AvgIpc) is 2.12. The van der Waals surface area contributed by atoms with Crippen LogP contribution in [0.5, 0.6) is 0 Å². The van der Waals surface area contributed by atoms with E-state index < -0.39 is 11.5 Å². The zero-order valence-corrected chi connectivity index (χ0v) is 8.16. The molecule has 1 unspecified atom stereocenters. The van der Waals surface area contributed by atoms with Crippen molar-refractivity contribution in [1.82, 2.24) is 0 Å². The van der Waals surface area contributed by atoms with Crippen molar-refractivity contribution in [2.24, 2.45) is 0 Å². The third-order valence-corrected chi connectivity index (χ3v) is 2.01. The van der Waals surface area contributed by atoms with Crippen molar-refractivity contribution >= 4 is 19.1 Å². The second kappa shape index (κ2) is 5.02. The minimum absolute atomic E-state index is 0.0903. The molecular formula is C8H14BO4. The molecule has 0 saturated carbocycles. The van der Waals surface area contributed by atoms with Crippen LogP contribution >= 0.6 is 0 Å². The Bertz CT molecular complexity index is 204. The van der Waals surface area contributed by atoms with E-state index in [-0.39, 0.29) is 5.78 Å². The molecule has 5 heteroatoms. The van der Waals surface area contributed by atoms with Gasteiger partial charge in [-0.25, -0.2) is 0 Å². The van der Waals surface area contributed by atoms with Crippen LogP contribution in [0.15, 0.2) is 0 Å². The Hall–Kier alpha value is -0.835. The fraction of sp³-hybridized carbons (Fsp3) is 0.750. The molecule has 1 N–H and O–H groups in total. The van der Waals surface area contributed by atoms with Crippen molar-refractivity contribution < 1.29 is 19.3 Å². The predicted molar refractivity (Wildman–Crippen MR) is 48.9 cm³/mol. The van der Waals surface area contributed by atoms with Crippen molar-refractivity contribution in [3.63, 3.8) is 0 Å². The lowest BCUT2D eigenvalue weighted by Crippen LogP contribution is -2.40. The van der Waals surface area contributed by atoms with E-state index in [4.69, 9.17) is 9.76 Å². The van der Waals surface area contributed by atoms with Crippen LogP contribution in [0.25, 0.3) is 0 Å². The number of carbonyl (C=O) groups excluding carboxylic acids is 1. The standard InChI is InChI=1S/C8H14BO4/c1-4-6(10)8(3,5-2)13-9-7(11)12/h4-5H2,1-3H3,(H,11,12). The van der Waals surface area contributed by atoms with E-state index in [0.29, 0.717) is 20.3 Å². The normalized spacial score (nSPS) is 14.7. The summed E-state index contributed by atoms with van der Waals surface area (Å²) in [6.45, 7) is 5.10. The van der Waals surface area contributed by atoms with Gasteiger partial charge in [-0.1, -0.05) is 13.8 Å². The Morgan fingerprint density at radius 2 is 2.00 bits per heavy atom. The van der Waals surface area contributed by atoms with Gasteiger partial charge in [0.05, 0.1) is 0 Å². The van der Waals surface area contributed by atoms with E-state index in [0.717, 1.165) is 0 Å². The van der Waals surface area contributed by atoms with Gasteiger partial charge in [0, 0.05) is 6.42 Å². The molecular weight excluding hydrogens is 171 g/mol. The second-order valence-electron chi connectivity index (χ2n) is 2.94. The first-order chi connectivity index (χ1) is 5.96. The molecule has 0 bridgehead atoms. The number of ketones is 1. The van der Waals surface area contributed by atoms with Crippen molar-refractivity contribution in [2.75, 3.05) is 0 Å². The molecule has 1 atom stereocenters. The summed E-state index contributed by atoms with van der Waals surface area (Å²) in [5.41, 5.74) is -0.993. The Balaban J connectivity index is 4.27. The maximum absolute atomic E-state index is 11.3. The summed E-state index contributed by atoms with van der Waals surface area (Å²) in [7, 11) is 0.664. The smallest absolute Gasteiger partial charge is 0.436 e. The van der Waals surface area contributed by atoms with Gasteiger partial charge in [0.2, 0.25) is 0 Å². The molecule has 0 heterocycles. The first-order valence-corrected chi connectivity index (χ1v) is 4.23. The fourth-order valence-electron chi connectivity index (χ4n) is 0.901. The van der Waals surface area contributed by atoms with Crippen molar-refractivity contribution in [1.29, 1.82) is 0 Å². The van der Waals surface area contributed by atoms with Crippen molar-refractivity contribution in [2.45, 2.75) is 39.2 Å². The molecule has 0 amide bonds. The van der Waals surface area contributed by atoms with Crippen molar-refractivity contribution in [3.8, 4) is 0 Å². The van der Waals surface area contributed by atoms with Crippen LogP contribution in [-0.4, -0.2) is 29.8 Å². The number of carboxylic acid groups (broad SMARTS) is 1. The third kappa shape index (κ3) is 3.59. The highest BCUT2D eigenvalue weighted by Gasteiger charge is 2.31. The fourth-order valence-corrected chi connectivity index (χ4v) is 0.901. The highest BCUT2D eigenvalue weighted by molar-refractivity contribution is 6.66. The van der Waals surface area contributed by atoms with Gasteiger partial charge in [0.15, 0.2) is 5.78 Å². The van der Waals surface area contributed by atoms with Crippen LogP contribution in [0, 0.1) is 0 Å². The monoisotopic (exact) mass is 185 g/mol. The highest BCUT2D eigenvalue weighted by Crippen LogP contribution is 2.17. The summed E-state index contributed by atoms with van der Waals surface area (Å²) in [4.78, 5) is 21.5. The summed E-state index contributed by atoms with van der Waals surface area (Å²) < 4.78 is 4.92. The molecule has 1 radical (unpaired) electrons. The summed E-state index contributed by atoms with van der Waals surface area (Å²) in [5.74, 6) is -1.27. The Labute approximate surface area is 78.5 Å². The molecule has 0 fully saturated rings. The largest absolute Gasteiger partial charge is 0.487 e. The maximum Gasteiger partial charge on any atom is 0.436 e. The zero-order chi connectivity index (χ0) is 10.5. The lowest BCUT2D eigenvalue weighted by molar-refractivity contribution is -0.133. The van der Waals surface area contributed by atoms with Crippen LogP contribution in [0.1, 0.15) is 33.6 Å². The molecule has 0 aliphatic carbocycles. The third-order valence-electron chi connectivity index (χ3n) is 2.01. The van der Waals surface area contributed by atoms with Gasteiger partial charge in [-0.2, -0.15) is 0 Å². The van der Waals surface area contributed by atoms with Crippen LogP contribution in [0.2, 0.25) is 0 Å². The van der Waals surface area contributed by atoms with Gasteiger partial charge in [0.1, 0.15) is 5.60 Å².